The predicted octanol–water partition coefficient (Wildman–Crippen LogP) is 4.06. The molecule has 19 heavy (non-hydrogen) atoms. The van der Waals surface area contributed by atoms with E-state index in [9.17, 15) is 0 Å². The van der Waals surface area contributed by atoms with E-state index in [0.29, 0.717) is 0 Å². The molecule has 2 heteroatoms. The van der Waals surface area contributed by atoms with Gasteiger partial charge in [-0.1, -0.05) is 31.5 Å². The SMILES string of the molecule is COc1ccc(C)cc1C(C)(C)CCNC(C)(C)C. The van der Waals surface area contributed by atoms with Crippen LogP contribution in [0.4, 0.5) is 0 Å². The van der Waals surface area contributed by atoms with E-state index in [-0.39, 0.29) is 11.0 Å². The fraction of sp³-hybridized carbons (Fsp3) is 0.647. The summed E-state index contributed by atoms with van der Waals surface area (Å²) < 4.78 is 5.51. The summed E-state index contributed by atoms with van der Waals surface area (Å²) in [4.78, 5) is 0. The largest absolute Gasteiger partial charge is 0.496 e. The van der Waals surface area contributed by atoms with Crippen molar-refractivity contribution in [2.75, 3.05) is 13.7 Å². The zero-order valence-electron chi connectivity index (χ0n) is 13.6. The highest BCUT2D eigenvalue weighted by molar-refractivity contribution is 5.41. The molecular weight excluding hydrogens is 234 g/mol. The quantitative estimate of drug-likeness (QED) is 0.865. The second kappa shape index (κ2) is 5.96. The van der Waals surface area contributed by atoms with Gasteiger partial charge in [-0.2, -0.15) is 0 Å². The topological polar surface area (TPSA) is 21.3 Å². The molecule has 0 fully saturated rings. The molecule has 0 spiro atoms. The minimum atomic E-state index is 0.107. The third-order valence-corrected chi connectivity index (χ3v) is 3.49. The zero-order valence-corrected chi connectivity index (χ0v) is 13.6. The maximum absolute atomic E-state index is 5.51. The lowest BCUT2D eigenvalue weighted by atomic mass is 9.80. The number of rotatable bonds is 5. The van der Waals surface area contributed by atoms with Crippen LogP contribution in [0.1, 0.15) is 52.2 Å². The molecule has 1 aromatic rings. The standard InChI is InChI=1S/C17H29NO/c1-13-8-9-15(19-7)14(12-13)17(5,6)10-11-18-16(2,3)4/h8-9,12,18H,10-11H2,1-7H3. The van der Waals surface area contributed by atoms with Crippen LogP contribution in [0.15, 0.2) is 18.2 Å². The Morgan fingerprint density at radius 2 is 1.74 bits per heavy atom. The van der Waals surface area contributed by atoms with Crippen molar-refractivity contribution < 1.29 is 4.74 Å². The van der Waals surface area contributed by atoms with Crippen molar-refractivity contribution >= 4 is 0 Å². The molecule has 0 aliphatic carbocycles. The molecule has 0 unspecified atom stereocenters. The Hall–Kier alpha value is -1.02. The zero-order chi connectivity index (χ0) is 14.7. The summed E-state index contributed by atoms with van der Waals surface area (Å²) in [6.07, 6.45) is 1.09. The Morgan fingerprint density at radius 3 is 2.26 bits per heavy atom. The van der Waals surface area contributed by atoms with Gasteiger partial charge in [0.05, 0.1) is 7.11 Å². The van der Waals surface area contributed by atoms with Crippen molar-refractivity contribution in [3.8, 4) is 5.75 Å². The number of hydrogen-bond donors (Lipinski definition) is 1. The van der Waals surface area contributed by atoms with Crippen molar-refractivity contribution in [3.05, 3.63) is 29.3 Å². The fourth-order valence-electron chi connectivity index (χ4n) is 2.24. The summed E-state index contributed by atoms with van der Waals surface area (Å²) >= 11 is 0. The lowest BCUT2D eigenvalue weighted by molar-refractivity contribution is 0.360. The Bertz CT molecular complexity index is 416. The fourth-order valence-corrected chi connectivity index (χ4v) is 2.24. The molecule has 0 aliphatic heterocycles. The van der Waals surface area contributed by atoms with E-state index in [1.807, 2.05) is 0 Å². The molecule has 1 N–H and O–H groups in total. The summed E-state index contributed by atoms with van der Waals surface area (Å²) in [7, 11) is 1.75. The number of nitrogens with one attached hydrogen (secondary N) is 1. The van der Waals surface area contributed by atoms with E-state index in [2.05, 4.69) is 65.1 Å². The van der Waals surface area contributed by atoms with Gasteiger partial charge in [0.25, 0.3) is 0 Å². The van der Waals surface area contributed by atoms with E-state index in [1.54, 1.807) is 7.11 Å². The summed E-state index contributed by atoms with van der Waals surface area (Å²) in [6.45, 7) is 14.3. The molecule has 0 saturated carbocycles. The molecule has 0 heterocycles. The highest BCUT2D eigenvalue weighted by atomic mass is 16.5. The van der Waals surface area contributed by atoms with Gasteiger partial charge in [0.15, 0.2) is 0 Å². The number of aryl methyl sites for hydroxylation is 1. The average Bonchev–Trinajstić information content (AvgIpc) is 2.27. The van der Waals surface area contributed by atoms with E-state index in [4.69, 9.17) is 4.74 Å². The first-order valence-corrected chi connectivity index (χ1v) is 7.06. The van der Waals surface area contributed by atoms with Gasteiger partial charge in [0.1, 0.15) is 5.75 Å². The van der Waals surface area contributed by atoms with Gasteiger partial charge in [-0.25, -0.2) is 0 Å². The van der Waals surface area contributed by atoms with E-state index < -0.39 is 0 Å². The Kier molecular flexibility index (Phi) is 5.03. The molecule has 0 saturated heterocycles. The number of ether oxygens (including phenoxy) is 1. The van der Waals surface area contributed by atoms with Crippen molar-refractivity contribution in [3.63, 3.8) is 0 Å². The molecule has 108 valence electrons. The van der Waals surface area contributed by atoms with Crippen molar-refractivity contribution in [1.29, 1.82) is 0 Å². The van der Waals surface area contributed by atoms with Crippen molar-refractivity contribution in [2.45, 2.75) is 58.9 Å². The van der Waals surface area contributed by atoms with Crippen LogP contribution in [0.2, 0.25) is 0 Å². The Balaban J connectivity index is 2.84. The molecule has 0 aromatic heterocycles. The summed E-state index contributed by atoms with van der Waals surface area (Å²) in [5.41, 5.74) is 2.86. The molecule has 2 nitrogen and oxygen atoms in total. The predicted molar refractivity (Wildman–Crippen MR) is 83.1 cm³/mol. The van der Waals surface area contributed by atoms with Crippen LogP contribution >= 0.6 is 0 Å². The monoisotopic (exact) mass is 263 g/mol. The summed E-state index contributed by atoms with van der Waals surface area (Å²) in [5.74, 6) is 0.992. The molecule has 0 aliphatic rings. The molecule has 0 radical (unpaired) electrons. The molecule has 0 bridgehead atoms. The number of benzene rings is 1. The van der Waals surface area contributed by atoms with E-state index in [1.165, 1.54) is 11.1 Å². The highest BCUT2D eigenvalue weighted by Gasteiger charge is 2.24. The Morgan fingerprint density at radius 1 is 1.11 bits per heavy atom. The van der Waals surface area contributed by atoms with E-state index in [0.717, 1.165) is 18.7 Å². The molecule has 1 aromatic carbocycles. The number of methoxy groups -OCH3 is 1. The third kappa shape index (κ3) is 4.87. The average molecular weight is 263 g/mol. The first kappa shape index (κ1) is 16.0. The first-order chi connectivity index (χ1) is 8.65. The second-order valence-corrected chi connectivity index (χ2v) is 7.01. The third-order valence-electron chi connectivity index (χ3n) is 3.49. The van der Waals surface area contributed by atoms with Crippen LogP contribution < -0.4 is 10.1 Å². The Labute approximate surface area is 118 Å². The first-order valence-electron chi connectivity index (χ1n) is 7.06. The van der Waals surface area contributed by atoms with Gasteiger partial charge >= 0.3 is 0 Å². The van der Waals surface area contributed by atoms with Crippen LogP contribution in [0, 0.1) is 6.92 Å². The van der Waals surface area contributed by atoms with Crippen LogP contribution in [-0.4, -0.2) is 19.2 Å². The molecule has 1 rings (SSSR count). The molecule has 0 amide bonds. The van der Waals surface area contributed by atoms with Crippen LogP contribution in [0.25, 0.3) is 0 Å². The lowest BCUT2D eigenvalue weighted by Crippen LogP contribution is -2.38. The second-order valence-electron chi connectivity index (χ2n) is 7.01. The van der Waals surface area contributed by atoms with Crippen molar-refractivity contribution in [1.82, 2.24) is 5.32 Å². The van der Waals surface area contributed by atoms with Gasteiger partial charge in [-0.15, -0.1) is 0 Å². The molecule has 0 atom stereocenters. The highest BCUT2D eigenvalue weighted by Crippen LogP contribution is 2.34. The normalized spacial score (nSPS) is 12.6. The summed E-state index contributed by atoms with van der Waals surface area (Å²) in [6, 6.07) is 6.42. The maximum Gasteiger partial charge on any atom is 0.122 e. The lowest BCUT2D eigenvalue weighted by Gasteiger charge is -2.30. The summed E-state index contributed by atoms with van der Waals surface area (Å²) in [5, 5.41) is 3.56. The molecular formula is C17H29NO. The van der Waals surface area contributed by atoms with Crippen molar-refractivity contribution in [2.24, 2.45) is 0 Å². The van der Waals surface area contributed by atoms with Gasteiger partial charge < -0.3 is 10.1 Å². The minimum absolute atomic E-state index is 0.107. The smallest absolute Gasteiger partial charge is 0.122 e. The van der Waals surface area contributed by atoms with Gasteiger partial charge in [-0.3, -0.25) is 0 Å². The van der Waals surface area contributed by atoms with Crippen LogP contribution in [0.5, 0.6) is 5.75 Å². The van der Waals surface area contributed by atoms with Gasteiger partial charge in [0.2, 0.25) is 0 Å². The van der Waals surface area contributed by atoms with Gasteiger partial charge in [-0.05, 0) is 52.1 Å². The van der Waals surface area contributed by atoms with E-state index >= 15 is 0 Å². The van der Waals surface area contributed by atoms with Crippen LogP contribution in [0.3, 0.4) is 0 Å². The van der Waals surface area contributed by atoms with Crippen LogP contribution in [-0.2, 0) is 5.41 Å². The van der Waals surface area contributed by atoms with Gasteiger partial charge in [0, 0.05) is 11.1 Å². The maximum atomic E-state index is 5.51. The number of hydrogen-bond acceptors (Lipinski definition) is 2. The minimum Gasteiger partial charge on any atom is -0.496 e.